The third-order valence-electron chi connectivity index (χ3n) is 3.08. The highest BCUT2D eigenvalue weighted by atomic mass is 16.5. The Morgan fingerprint density at radius 3 is 2.47 bits per heavy atom. The van der Waals surface area contributed by atoms with Gasteiger partial charge in [-0.05, 0) is 28.5 Å². The number of aldehydes is 1. The molecule has 0 radical (unpaired) electrons. The van der Waals surface area contributed by atoms with Crippen LogP contribution in [0.5, 0.6) is 5.75 Å². The molecule has 0 heterocycles. The Kier molecular flexibility index (Phi) is 4.33. The molecule has 1 aromatic rings. The van der Waals surface area contributed by atoms with Gasteiger partial charge in [0, 0.05) is 6.42 Å². The van der Waals surface area contributed by atoms with E-state index in [0.717, 1.165) is 17.6 Å². The highest BCUT2D eigenvalue weighted by Crippen LogP contribution is 2.33. The lowest BCUT2D eigenvalue weighted by Gasteiger charge is -2.22. The standard InChI is InChI=1S/C15H22O2/c1-11(8-9-16)13-10-12(15(2,3)4)6-7-14(13)17-5/h6-7,9-11H,8H2,1-5H3. The summed E-state index contributed by atoms with van der Waals surface area (Å²) in [4.78, 5) is 10.6. The van der Waals surface area contributed by atoms with Crippen molar-refractivity contribution in [2.24, 2.45) is 0 Å². The molecule has 0 saturated heterocycles. The topological polar surface area (TPSA) is 26.3 Å². The zero-order valence-electron chi connectivity index (χ0n) is 11.4. The molecular weight excluding hydrogens is 212 g/mol. The minimum Gasteiger partial charge on any atom is -0.496 e. The lowest BCUT2D eigenvalue weighted by molar-refractivity contribution is -0.108. The van der Waals surface area contributed by atoms with Crippen LogP contribution in [0, 0.1) is 0 Å². The summed E-state index contributed by atoms with van der Waals surface area (Å²) in [7, 11) is 1.67. The second-order valence-electron chi connectivity index (χ2n) is 5.51. The molecular formula is C15H22O2. The quantitative estimate of drug-likeness (QED) is 0.743. The first kappa shape index (κ1) is 13.8. The summed E-state index contributed by atoms with van der Waals surface area (Å²) in [6.45, 7) is 8.60. The van der Waals surface area contributed by atoms with Crippen molar-refractivity contribution in [1.82, 2.24) is 0 Å². The summed E-state index contributed by atoms with van der Waals surface area (Å²) in [6.07, 6.45) is 1.50. The first-order valence-electron chi connectivity index (χ1n) is 6.02. The highest BCUT2D eigenvalue weighted by molar-refractivity contribution is 5.53. The van der Waals surface area contributed by atoms with E-state index in [2.05, 4.69) is 39.8 Å². The molecule has 1 unspecified atom stereocenters. The molecule has 0 bridgehead atoms. The van der Waals surface area contributed by atoms with E-state index in [1.54, 1.807) is 7.11 Å². The fourth-order valence-corrected chi connectivity index (χ4v) is 1.86. The number of benzene rings is 1. The molecule has 0 N–H and O–H groups in total. The SMILES string of the molecule is COc1ccc(C(C)(C)C)cc1C(C)CC=O. The number of carbonyl (C=O) groups is 1. The van der Waals surface area contributed by atoms with Crippen molar-refractivity contribution in [2.45, 2.75) is 45.4 Å². The molecule has 0 spiro atoms. The van der Waals surface area contributed by atoms with Gasteiger partial charge in [0.15, 0.2) is 0 Å². The molecule has 0 aliphatic rings. The Balaban J connectivity index is 3.19. The molecule has 94 valence electrons. The van der Waals surface area contributed by atoms with Gasteiger partial charge in [-0.2, -0.15) is 0 Å². The van der Waals surface area contributed by atoms with Crippen LogP contribution in [0.2, 0.25) is 0 Å². The predicted octanol–water partition coefficient (Wildman–Crippen LogP) is 3.69. The minimum atomic E-state index is 0.113. The fraction of sp³-hybridized carbons (Fsp3) is 0.533. The lowest BCUT2D eigenvalue weighted by atomic mass is 9.84. The Hall–Kier alpha value is -1.31. The number of methoxy groups -OCH3 is 1. The lowest BCUT2D eigenvalue weighted by Crippen LogP contribution is -2.12. The van der Waals surface area contributed by atoms with E-state index in [1.165, 1.54) is 5.56 Å². The first-order chi connectivity index (χ1) is 7.90. The van der Waals surface area contributed by atoms with Crippen molar-refractivity contribution in [2.75, 3.05) is 7.11 Å². The summed E-state index contributed by atoms with van der Waals surface area (Å²) in [5, 5.41) is 0. The van der Waals surface area contributed by atoms with E-state index in [9.17, 15) is 4.79 Å². The monoisotopic (exact) mass is 234 g/mol. The van der Waals surface area contributed by atoms with Crippen molar-refractivity contribution >= 4 is 6.29 Å². The Morgan fingerprint density at radius 1 is 1.35 bits per heavy atom. The van der Waals surface area contributed by atoms with E-state index >= 15 is 0 Å². The summed E-state index contributed by atoms with van der Waals surface area (Å²) in [6, 6.07) is 6.25. The van der Waals surface area contributed by atoms with E-state index in [0.29, 0.717) is 6.42 Å². The van der Waals surface area contributed by atoms with Gasteiger partial charge >= 0.3 is 0 Å². The predicted molar refractivity (Wildman–Crippen MR) is 70.8 cm³/mol. The average molecular weight is 234 g/mol. The maximum absolute atomic E-state index is 10.6. The summed E-state index contributed by atoms with van der Waals surface area (Å²) in [5.41, 5.74) is 2.50. The number of hydrogen-bond acceptors (Lipinski definition) is 2. The second kappa shape index (κ2) is 5.35. The average Bonchev–Trinajstić information content (AvgIpc) is 2.27. The largest absolute Gasteiger partial charge is 0.496 e. The van der Waals surface area contributed by atoms with Crippen LogP contribution in [0.25, 0.3) is 0 Å². The maximum atomic E-state index is 10.6. The summed E-state index contributed by atoms with van der Waals surface area (Å²) in [5.74, 6) is 1.07. The molecule has 17 heavy (non-hydrogen) atoms. The van der Waals surface area contributed by atoms with Gasteiger partial charge in [0.2, 0.25) is 0 Å². The van der Waals surface area contributed by atoms with Crippen molar-refractivity contribution < 1.29 is 9.53 Å². The molecule has 1 rings (SSSR count). The Labute approximate surface area is 104 Å². The van der Waals surface area contributed by atoms with Gasteiger partial charge in [-0.15, -0.1) is 0 Å². The molecule has 0 saturated carbocycles. The first-order valence-corrected chi connectivity index (χ1v) is 6.02. The van der Waals surface area contributed by atoms with Gasteiger partial charge in [-0.3, -0.25) is 0 Å². The van der Waals surface area contributed by atoms with Crippen LogP contribution in [-0.2, 0) is 10.2 Å². The van der Waals surface area contributed by atoms with Crippen LogP contribution in [0.15, 0.2) is 18.2 Å². The molecule has 2 heteroatoms. The smallest absolute Gasteiger partial charge is 0.122 e. The third-order valence-corrected chi connectivity index (χ3v) is 3.08. The van der Waals surface area contributed by atoms with Crippen LogP contribution >= 0.6 is 0 Å². The van der Waals surface area contributed by atoms with Crippen molar-refractivity contribution in [3.05, 3.63) is 29.3 Å². The van der Waals surface area contributed by atoms with Gasteiger partial charge in [0.25, 0.3) is 0 Å². The number of hydrogen-bond donors (Lipinski definition) is 0. The van der Waals surface area contributed by atoms with Crippen LogP contribution in [0.4, 0.5) is 0 Å². The van der Waals surface area contributed by atoms with Gasteiger partial charge in [0.05, 0.1) is 7.11 Å². The normalized spacial score (nSPS) is 13.2. The molecule has 1 aromatic carbocycles. The maximum Gasteiger partial charge on any atom is 0.122 e. The summed E-state index contributed by atoms with van der Waals surface area (Å²) >= 11 is 0. The fourth-order valence-electron chi connectivity index (χ4n) is 1.86. The van der Waals surface area contributed by atoms with Crippen molar-refractivity contribution in [1.29, 1.82) is 0 Å². The van der Waals surface area contributed by atoms with E-state index in [4.69, 9.17) is 4.74 Å². The molecule has 0 aromatic heterocycles. The zero-order valence-corrected chi connectivity index (χ0v) is 11.4. The van der Waals surface area contributed by atoms with Crippen molar-refractivity contribution in [3.8, 4) is 5.75 Å². The Bertz CT molecular complexity index is 388. The second-order valence-corrected chi connectivity index (χ2v) is 5.51. The minimum absolute atomic E-state index is 0.113. The van der Waals surface area contributed by atoms with Gasteiger partial charge < -0.3 is 9.53 Å². The van der Waals surface area contributed by atoms with Crippen LogP contribution in [-0.4, -0.2) is 13.4 Å². The summed E-state index contributed by atoms with van der Waals surface area (Å²) < 4.78 is 5.36. The number of rotatable bonds is 4. The third kappa shape index (κ3) is 3.32. The number of ether oxygens (including phenoxy) is 1. The van der Waals surface area contributed by atoms with Gasteiger partial charge in [-0.1, -0.05) is 39.8 Å². The molecule has 0 aliphatic carbocycles. The zero-order chi connectivity index (χ0) is 13.1. The molecule has 1 atom stereocenters. The molecule has 0 fully saturated rings. The highest BCUT2D eigenvalue weighted by Gasteiger charge is 2.18. The van der Waals surface area contributed by atoms with Crippen molar-refractivity contribution in [3.63, 3.8) is 0 Å². The molecule has 0 aliphatic heterocycles. The molecule has 2 nitrogen and oxygen atoms in total. The van der Waals surface area contributed by atoms with Gasteiger partial charge in [-0.25, -0.2) is 0 Å². The van der Waals surface area contributed by atoms with Gasteiger partial charge in [0.1, 0.15) is 12.0 Å². The van der Waals surface area contributed by atoms with Crippen LogP contribution in [0.3, 0.4) is 0 Å². The molecule has 0 amide bonds. The van der Waals surface area contributed by atoms with E-state index in [-0.39, 0.29) is 11.3 Å². The van der Waals surface area contributed by atoms with Crippen LogP contribution < -0.4 is 4.74 Å². The Morgan fingerprint density at radius 2 is 2.00 bits per heavy atom. The van der Waals surface area contributed by atoms with E-state index in [1.807, 2.05) is 6.07 Å². The van der Waals surface area contributed by atoms with E-state index < -0.39 is 0 Å². The van der Waals surface area contributed by atoms with Crippen LogP contribution in [0.1, 0.15) is 51.2 Å². The number of carbonyl (C=O) groups excluding carboxylic acids is 1.